The molecule has 2 aliphatic heterocycles. The molecule has 0 N–H and O–H groups in total. The van der Waals surface area contributed by atoms with Crippen LogP contribution in [0.3, 0.4) is 0 Å². The third kappa shape index (κ3) is 4.58. The zero-order valence-corrected chi connectivity index (χ0v) is 16.0. The lowest BCUT2D eigenvalue weighted by Gasteiger charge is -2.28. The molecule has 0 amide bonds. The topological polar surface area (TPSA) is 78.7 Å². The number of fused-ring (bicyclic) bond motifs is 1. The maximum Gasteiger partial charge on any atom is 0.406 e. The van der Waals surface area contributed by atoms with Crippen molar-refractivity contribution < 1.29 is 32.2 Å². The monoisotopic (exact) mass is 430 g/mol. The Morgan fingerprint density at radius 2 is 1.90 bits per heavy atom. The maximum absolute atomic E-state index is 13.1. The van der Waals surface area contributed by atoms with Gasteiger partial charge in [-0.15, -0.1) is 10.2 Å². The van der Waals surface area contributed by atoms with Gasteiger partial charge in [-0.3, -0.25) is 9.36 Å². The van der Waals surface area contributed by atoms with E-state index in [0.29, 0.717) is 43.4 Å². The minimum atomic E-state index is -4.44. The van der Waals surface area contributed by atoms with Gasteiger partial charge in [0.2, 0.25) is 12.7 Å². The Kier molecular flexibility index (Phi) is 5.54. The summed E-state index contributed by atoms with van der Waals surface area (Å²) in [6.45, 7) is 0.529. The lowest BCUT2D eigenvalue weighted by Crippen LogP contribution is -2.38. The molecular formula is C17H17F3N4O4S. The van der Waals surface area contributed by atoms with E-state index in [1.807, 2.05) is 0 Å². The molecule has 1 fully saturated rings. The highest BCUT2D eigenvalue weighted by molar-refractivity contribution is 7.99. The van der Waals surface area contributed by atoms with Crippen LogP contribution >= 0.6 is 11.8 Å². The number of hydrogen-bond acceptors (Lipinski definition) is 8. The quantitative estimate of drug-likeness (QED) is 0.511. The number of hydrogen-bond donors (Lipinski definition) is 0. The number of Topliss-reactive ketones (excluding diaryl/α,β-unsaturated/α-hetero) is 1. The first-order valence-electron chi connectivity index (χ1n) is 8.79. The van der Waals surface area contributed by atoms with Gasteiger partial charge in [-0.1, -0.05) is 11.8 Å². The maximum atomic E-state index is 13.1. The molecule has 0 atom stereocenters. The van der Waals surface area contributed by atoms with Crippen LogP contribution in [0.4, 0.5) is 19.1 Å². The number of halogens is 3. The number of carbonyl (C=O) groups is 1. The van der Waals surface area contributed by atoms with Gasteiger partial charge in [-0.25, -0.2) is 0 Å². The number of alkyl halides is 3. The van der Waals surface area contributed by atoms with Crippen LogP contribution in [-0.2, 0) is 11.3 Å². The van der Waals surface area contributed by atoms with Crippen LogP contribution in [-0.4, -0.2) is 65.6 Å². The molecule has 1 aromatic carbocycles. The number of nitrogens with zero attached hydrogens (tertiary/aromatic N) is 4. The Morgan fingerprint density at radius 1 is 1.14 bits per heavy atom. The van der Waals surface area contributed by atoms with Crippen LogP contribution in [0.2, 0.25) is 0 Å². The molecule has 29 heavy (non-hydrogen) atoms. The molecule has 12 heteroatoms. The SMILES string of the molecule is O=C(CSc1nnc(N2CCOCC2)n1CC(F)(F)F)c1ccc2c(c1)OCO2. The van der Waals surface area contributed by atoms with Crippen molar-refractivity contribution in [2.75, 3.05) is 43.7 Å². The van der Waals surface area contributed by atoms with Crippen LogP contribution in [0.5, 0.6) is 11.5 Å². The van der Waals surface area contributed by atoms with Crippen LogP contribution in [0.15, 0.2) is 23.4 Å². The first kappa shape index (κ1) is 19.8. The number of carbonyl (C=O) groups excluding carboxylic acids is 1. The summed E-state index contributed by atoms with van der Waals surface area (Å²) in [6.07, 6.45) is -4.44. The summed E-state index contributed by atoms with van der Waals surface area (Å²) in [4.78, 5) is 14.2. The smallest absolute Gasteiger partial charge is 0.406 e. The molecule has 1 saturated heterocycles. The molecule has 2 aromatic rings. The number of rotatable bonds is 6. The Balaban J connectivity index is 1.50. The molecule has 0 bridgehead atoms. The van der Waals surface area contributed by atoms with Crippen molar-refractivity contribution in [2.45, 2.75) is 17.9 Å². The molecule has 4 rings (SSSR count). The van der Waals surface area contributed by atoms with Crippen molar-refractivity contribution in [1.82, 2.24) is 14.8 Å². The average molecular weight is 430 g/mol. The van der Waals surface area contributed by atoms with E-state index >= 15 is 0 Å². The molecule has 0 saturated carbocycles. The zero-order valence-electron chi connectivity index (χ0n) is 15.1. The van der Waals surface area contributed by atoms with E-state index in [2.05, 4.69) is 10.2 Å². The van der Waals surface area contributed by atoms with Crippen molar-refractivity contribution in [3.63, 3.8) is 0 Å². The molecule has 0 spiro atoms. The molecule has 0 aliphatic carbocycles. The Morgan fingerprint density at radius 3 is 2.66 bits per heavy atom. The van der Waals surface area contributed by atoms with E-state index in [1.54, 1.807) is 23.1 Å². The van der Waals surface area contributed by atoms with Gasteiger partial charge in [0.15, 0.2) is 22.4 Å². The normalized spacial score (nSPS) is 16.3. The largest absolute Gasteiger partial charge is 0.454 e. The summed E-state index contributed by atoms with van der Waals surface area (Å²) >= 11 is 0.919. The van der Waals surface area contributed by atoms with Crippen molar-refractivity contribution in [1.29, 1.82) is 0 Å². The first-order chi connectivity index (χ1) is 13.9. The average Bonchev–Trinajstić information content (AvgIpc) is 3.32. The fraction of sp³-hybridized carbons (Fsp3) is 0.471. The minimum absolute atomic E-state index is 0.0397. The standard InChI is InChI=1S/C17H17F3N4O4S/c18-17(19,20)9-24-15(23-3-5-26-6-4-23)21-22-16(24)29-8-12(25)11-1-2-13-14(7-11)28-10-27-13/h1-2,7H,3-6,8-10H2. The molecular weight excluding hydrogens is 413 g/mol. The van der Waals surface area contributed by atoms with Crippen molar-refractivity contribution in [2.24, 2.45) is 0 Å². The first-order valence-corrected chi connectivity index (χ1v) is 9.77. The lowest BCUT2D eigenvalue weighted by molar-refractivity contribution is -0.141. The highest BCUT2D eigenvalue weighted by Gasteiger charge is 2.33. The predicted molar refractivity (Wildman–Crippen MR) is 96.7 cm³/mol. The van der Waals surface area contributed by atoms with Crippen molar-refractivity contribution >= 4 is 23.5 Å². The summed E-state index contributed by atoms with van der Waals surface area (Å²) in [7, 11) is 0. The zero-order chi connectivity index (χ0) is 20.4. The number of aromatic nitrogens is 3. The fourth-order valence-electron chi connectivity index (χ4n) is 2.99. The van der Waals surface area contributed by atoms with Crippen molar-refractivity contribution in [3.8, 4) is 11.5 Å². The molecule has 1 aromatic heterocycles. The van der Waals surface area contributed by atoms with Crippen LogP contribution in [0.25, 0.3) is 0 Å². The lowest BCUT2D eigenvalue weighted by atomic mass is 10.1. The molecule has 2 aliphatic rings. The van der Waals surface area contributed by atoms with E-state index < -0.39 is 12.7 Å². The Labute approximate surface area is 167 Å². The number of anilines is 1. The number of ketones is 1. The van der Waals surface area contributed by atoms with Gasteiger partial charge in [0.05, 0.1) is 19.0 Å². The van der Waals surface area contributed by atoms with E-state index in [-0.39, 0.29) is 29.4 Å². The second kappa shape index (κ2) is 8.11. The molecule has 8 nitrogen and oxygen atoms in total. The van der Waals surface area contributed by atoms with Crippen LogP contribution in [0.1, 0.15) is 10.4 Å². The highest BCUT2D eigenvalue weighted by atomic mass is 32.2. The van der Waals surface area contributed by atoms with Gasteiger partial charge < -0.3 is 19.1 Å². The minimum Gasteiger partial charge on any atom is -0.454 e. The fourth-order valence-corrected chi connectivity index (χ4v) is 3.81. The number of benzene rings is 1. The Bertz CT molecular complexity index is 899. The number of thioether (sulfide) groups is 1. The molecule has 0 radical (unpaired) electrons. The van der Waals surface area contributed by atoms with Gasteiger partial charge in [0.1, 0.15) is 6.54 Å². The van der Waals surface area contributed by atoms with Crippen LogP contribution in [0, 0.1) is 0 Å². The Hall–Kier alpha value is -2.47. The third-order valence-corrected chi connectivity index (χ3v) is 5.32. The summed E-state index contributed by atoms with van der Waals surface area (Å²) in [6, 6.07) is 4.78. The van der Waals surface area contributed by atoms with Gasteiger partial charge in [-0.2, -0.15) is 13.2 Å². The van der Waals surface area contributed by atoms with Crippen molar-refractivity contribution in [3.05, 3.63) is 23.8 Å². The number of morpholine rings is 1. The molecule has 3 heterocycles. The van der Waals surface area contributed by atoms with E-state index in [1.165, 1.54) is 0 Å². The van der Waals surface area contributed by atoms with Gasteiger partial charge in [0, 0.05) is 18.7 Å². The molecule has 156 valence electrons. The van der Waals surface area contributed by atoms with Gasteiger partial charge in [-0.05, 0) is 18.2 Å². The van der Waals surface area contributed by atoms with E-state index in [0.717, 1.165) is 16.3 Å². The second-order valence-electron chi connectivity index (χ2n) is 6.36. The third-order valence-electron chi connectivity index (χ3n) is 4.36. The summed E-state index contributed by atoms with van der Waals surface area (Å²) < 4.78 is 56.0. The summed E-state index contributed by atoms with van der Waals surface area (Å²) in [5.74, 6) is 0.801. The summed E-state index contributed by atoms with van der Waals surface area (Å²) in [5, 5.41) is 7.87. The molecule has 0 unspecified atom stereocenters. The van der Waals surface area contributed by atoms with E-state index in [4.69, 9.17) is 14.2 Å². The second-order valence-corrected chi connectivity index (χ2v) is 7.31. The number of ether oxygens (including phenoxy) is 3. The van der Waals surface area contributed by atoms with Crippen LogP contribution < -0.4 is 14.4 Å². The van der Waals surface area contributed by atoms with Gasteiger partial charge in [0.25, 0.3) is 0 Å². The predicted octanol–water partition coefficient (Wildman–Crippen LogP) is 2.38. The summed E-state index contributed by atoms with van der Waals surface area (Å²) in [5.41, 5.74) is 0.386. The van der Waals surface area contributed by atoms with E-state index in [9.17, 15) is 18.0 Å². The van der Waals surface area contributed by atoms with Gasteiger partial charge >= 0.3 is 6.18 Å². The highest BCUT2D eigenvalue weighted by Crippen LogP contribution is 2.33.